The normalized spacial score (nSPS) is 50.6. The van der Waals surface area contributed by atoms with Gasteiger partial charge in [-0.3, -0.25) is 0 Å². The minimum absolute atomic E-state index is 0.632. The third kappa shape index (κ3) is 1.73. The lowest BCUT2D eigenvalue weighted by Crippen LogP contribution is -2.49. The molecule has 0 aromatic rings. The van der Waals surface area contributed by atoms with Crippen molar-refractivity contribution in [3.05, 3.63) is 0 Å². The molecule has 0 radical (unpaired) electrons. The van der Waals surface area contributed by atoms with Crippen LogP contribution in [0.2, 0.25) is 0 Å². The molecule has 1 nitrogen and oxygen atoms in total. The van der Waals surface area contributed by atoms with Gasteiger partial charge >= 0.3 is 0 Å². The molecule has 0 aromatic carbocycles. The summed E-state index contributed by atoms with van der Waals surface area (Å²) in [5.74, 6) is 2.74. The van der Waals surface area contributed by atoms with Gasteiger partial charge in [-0.15, -0.1) is 0 Å². The molecule has 1 aliphatic heterocycles. The maximum Gasteiger partial charge on any atom is 0.0609 e. The van der Waals surface area contributed by atoms with Crippen molar-refractivity contribution in [2.45, 2.75) is 70.5 Å². The summed E-state index contributed by atoms with van der Waals surface area (Å²) in [6.45, 7) is 2.51. The third-order valence-electron chi connectivity index (χ3n) is 5.21. The quantitative estimate of drug-likeness (QED) is 0.589. The van der Waals surface area contributed by atoms with Crippen LogP contribution >= 0.6 is 0 Å². The molecule has 0 aromatic heterocycles. The average Bonchev–Trinajstić information content (AvgIpc) is 2.30. The predicted octanol–water partition coefficient (Wildman–Crippen LogP) is 3.77. The molecule has 3 rings (SSSR count). The van der Waals surface area contributed by atoms with Gasteiger partial charge < -0.3 is 4.74 Å². The molecule has 0 bridgehead atoms. The Morgan fingerprint density at radius 1 is 0.733 bits per heavy atom. The second kappa shape index (κ2) is 4.08. The van der Waals surface area contributed by atoms with E-state index in [1.807, 2.05) is 0 Å². The van der Waals surface area contributed by atoms with Crippen LogP contribution in [0.5, 0.6) is 0 Å². The van der Waals surface area contributed by atoms with Gasteiger partial charge in [0.15, 0.2) is 0 Å². The van der Waals surface area contributed by atoms with E-state index >= 15 is 0 Å². The molecule has 3 aliphatic rings. The monoisotopic (exact) mass is 208 g/mol. The van der Waals surface area contributed by atoms with Crippen LogP contribution < -0.4 is 0 Å². The Bertz CT molecular complexity index is 203. The second-order valence-electron chi connectivity index (χ2n) is 5.97. The van der Waals surface area contributed by atoms with Crippen LogP contribution in [0.1, 0.15) is 58.3 Å². The van der Waals surface area contributed by atoms with Gasteiger partial charge in [0.25, 0.3) is 0 Å². The number of hydrogen-bond acceptors (Lipinski definition) is 1. The van der Waals surface area contributed by atoms with Gasteiger partial charge in [0, 0.05) is 0 Å². The summed E-state index contributed by atoms with van der Waals surface area (Å²) in [6.07, 6.45) is 12.6. The molecule has 0 N–H and O–H groups in total. The van der Waals surface area contributed by atoms with Crippen LogP contribution in [-0.2, 0) is 4.74 Å². The van der Waals surface area contributed by atoms with Crippen LogP contribution in [0, 0.1) is 17.8 Å². The first-order valence-corrected chi connectivity index (χ1v) is 7.02. The number of ether oxygens (including phenoxy) is 1. The zero-order chi connectivity index (χ0) is 10.3. The third-order valence-corrected chi connectivity index (χ3v) is 5.21. The van der Waals surface area contributed by atoms with Crippen molar-refractivity contribution >= 4 is 0 Å². The SMILES string of the molecule is CC1C2CCCCC2OC2CCCCC21. The van der Waals surface area contributed by atoms with E-state index in [4.69, 9.17) is 4.74 Å². The fraction of sp³-hybridized carbons (Fsp3) is 1.00. The summed E-state index contributed by atoms with van der Waals surface area (Å²) in [4.78, 5) is 0. The molecule has 1 heteroatoms. The lowest BCUT2D eigenvalue weighted by Gasteiger charge is -2.50. The molecule has 0 spiro atoms. The Hall–Kier alpha value is -0.0400. The van der Waals surface area contributed by atoms with Gasteiger partial charge in [0.05, 0.1) is 12.2 Å². The molecule has 86 valence electrons. The molecule has 3 fully saturated rings. The highest BCUT2D eigenvalue weighted by Crippen LogP contribution is 2.46. The molecule has 4 unspecified atom stereocenters. The molecule has 0 amide bonds. The Kier molecular flexibility index (Phi) is 2.76. The summed E-state index contributed by atoms with van der Waals surface area (Å²) >= 11 is 0. The van der Waals surface area contributed by atoms with Gasteiger partial charge in [0.2, 0.25) is 0 Å². The van der Waals surface area contributed by atoms with Crippen LogP contribution in [0.15, 0.2) is 0 Å². The number of hydrogen-bond donors (Lipinski definition) is 0. The minimum atomic E-state index is 0.632. The molecule has 1 heterocycles. The average molecular weight is 208 g/mol. The first-order valence-electron chi connectivity index (χ1n) is 7.02. The fourth-order valence-electron chi connectivity index (χ4n) is 4.33. The molecular weight excluding hydrogens is 184 g/mol. The number of fused-ring (bicyclic) bond motifs is 2. The zero-order valence-corrected chi connectivity index (χ0v) is 9.95. The molecule has 2 saturated carbocycles. The van der Waals surface area contributed by atoms with Crippen molar-refractivity contribution in [2.75, 3.05) is 0 Å². The van der Waals surface area contributed by atoms with Gasteiger partial charge in [-0.05, 0) is 43.4 Å². The van der Waals surface area contributed by atoms with Crippen LogP contribution in [-0.4, -0.2) is 12.2 Å². The summed E-state index contributed by atoms with van der Waals surface area (Å²) in [7, 11) is 0. The van der Waals surface area contributed by atoms with E-state index in [0.717, 1.165) is 17.8 Å². The van der Waals surface area contributed by atoms with Gasteiger partial charge in [-0.25, -0.2) is 0 Å². The van der Waals surface area contributed by atoms with E-state index in [1.165, 1.54) is 51.4 Å². The van der Waals surface area contributed by atoms with E-state index < -0.39 is 0 Å². The Morgan fingerprint density at radius 2 is 1.20 bits per heavy atom. The van der Waals surface area contributed by atoms with Crippen molar-refractivity contribution in [2.24, 2.45) is 17.8 Å². The Balaban J connectivity index is 1.76. The maximum absolute atomic E-state index is 6.36. The van der Waals surface area contributed by atoms with Crippen molar-refractivity contribution in [3.8, 4) is 0 Å². The van der Waals surface area contributed by atoms with Crippen LogP contribution in [0.4, 0.5) is 0 Å². The van der Waals surface area contributed by atoms with Crippen molar-refractivity contribution in [1.29, 1.82) is 0 Å². The summed E-state index contributed by atoms with van der Waals surface area (Å²) in [5.41, 5.74) is 0. The standard InChI is InChI=1S/C14H24O/c1-10-11-6-2-4-8-13(11)15-14-9-5-3-7-12(10)14/h10-14H,2-9H2,1H3. The Labute approximate surface area is 93.6 Å². The van der Waals surface area contributed by atoms with Crippen molar-refractivity contribution < 1.29 is 4.74 Å². The molecule has 15 heavy (non-hydrogen) atoms. The van der Waals surface area contributed by atoms with Crippen LogP contribution in [0.3, 0.4) is 0 Å². The van der Waals surface area contributed by atoms with E-state index in [9.17, 15) is 0 Å². The predicted molar refractivity (Wildman–Crippen MR) is 61.7 cm³/mol. The highest BCUT2D eigenvalue weighted by molar-refractivity contribution is 4.93. The smallest absolute Gasteiger partial charge is 0.0609 e. The summed E-state index contributed by atoms with van der Waals surface area (Å²) < 4.78 is 6.36. The largest absolute Gasteiger partial charge is 0.374 e. The van der Waals surface area contributed by atoms with Gasteiger partial charge in [-0.2, -0.15) is 0 Å². The lowest BCUT2D eigenvalue weighted by molar-refractivity contribution is -0.166. The summed E-state index contributed by atoms with van der Waals surface area (Å²) in [6, 6.07) is 0. The van der Waals surface area contributed by atoms with Crippen molar-refractivity contribution in [1.82, 2.24) is 0 Å². The lowest BCUT2D eigenvalue weighted by atomic mass is 9.66. The first kappa shape index (κ1) is 10.1. The zero-order valence-electron chi connectivity index (χ0n) is 9.95. The second-order valence-corrected chi connectivity index (χ2v) is 5.97. The first-order chi connectivity index (χ1) is 7.36. The fourth-order valence-corrected chi connectivity index (χ4v) is 4.33. The van der Waals surface area contributed by atoms with E-state index in [-0.39, 0.29) is 0 Å². The molecule has 1 saturated heterocycles. The van der Waals surface area contributed by atoms with Crippen molar-refractivity contribution in [3.63, 3.8) is 0 Å². The minimum Gasteiger partial charge on any atom is -0.374 e. The van der Waals surface area contributed by atoms with Gasteiger partial charge in [0.1, 0.15) is 0 Å². The topological polar surface area (TPSA) is 9.23 Å². The number of rotatable bonds is 0. The van der Waals surface area contributed by atoms with Crippen LogP contribution in [0.25, 0.3) is 0 Å². The van der Waals surface area contributed by atoms with E-state index in [0.29, 0.717) is 12.2 Å². The molecule has 4 atom stereocenters. The van der Waals surface area contributed by atoms with Gasteiger partial charge in [-0.1, -0.05) is 32.6 Å². The van der Waals surface area contributed by atoms with E-state index in [1.54, 1.807) is 0 Å². The molecular formula is C14H24O. The maximum atomic E-state index is 6.36. The highest BCUT2D eigenvalue weighted by Gasteiger charge is 2.44. The Morgan fingerprint density at radius 3 is 1.73 bits per heavy atom. The molecule has 2 aliphatic carbocycles. The summed E-state index contributed by atoms with van der Waals surface area (Å²) in [5, 5.41) is 0. The highest BCUT2D eigenvalue weighted by atomic mass is 16.5. The van der Waals surface area contributed by atoms with E-state index in [2.05, 4.69) is 6.92 Å².